The summed E-state index contributed by atoms with van der Waals surface area (Å²) < 4.78 is 18.1. The summed E-state index contributed by atoms with van der Waals surface area (Å²) in [5.74, 6) is -1.18. The van der Waals surface area contributed by atoms with Crippen molar-refractivity contribution in [3.63, 3.8) is 0 Å². The Balaban J connectivity index is 1.24. The van der Waals surface area contributed by atoms with Crippen LogP contribution in [0.15, 0.2) is 35.3 Å². The molecule has 11 heteroatoms. The van der Waals surface area contributed by atoms with E-state index in [4.69, 9.17) is 34.8 Å². The highest BCUT2D eigenvalue weighted by molar-refractivity contribution is 6.35. The van der Waals surface area contributed by atoms with Gasteiger partial charge in [-0.1, -0.05) is 60.1 Å². The molecule has 1 saturated heterocycles. The smallest absolute Gasteiger partial charge is 0.257 e. The van der Waals surface area contributed by atoms with Crippen LogP contribution in [-0.4, -0.2) is 35.5 Å². The fourth-order valence-electron chi connectivity index (χ4n) is 6.39. The van der Waals surface area contributed by atoms with E-state index in [1.165, 1.54) is 18.7 Å². The van der Waals surface area contributed by atoms with E-state index in [0.717, 1.165) is 38.5 Å². The molecule has 2 aromatic carbocycles. The number of benzene rings is 2. The minimum absolute atomic E-state index is 0.0156. The molecule has 0 radical (unpaired) electrons. The van der Waals surface area contributed by atoms with Crippen LogP contribution < -0.4 is 21.0 Å². The Kier molecular flexibility index (Phi) is 8.90. The quantitative estimate of drug-likeness (QED) is 0.289. The van der Waals surface area contributed by atoms with Crippen molar-refractivity contribution in [3.8, 4) is 0 Å². The van der Waals surface area contributed by atoms with Gasteiger partial charge in [0.15, 0.2) is 5.82 Å². The van der Waals surface area contributed by atoms with Gasteiger partial charge in [0.1, 0.15) is 5.56 Å². The monoisotopic (exact) mass is 646 g/mol. The van der Waals surface area contributed by atoms with Crippen molar-refractivity contribution in [2.45, 2.75) is 76.4 Å². The molecule has 3 fully saturated rings. The molecule has 2 N–H and O–H groups in total. The minimum atomic E-state index is -0.586. The van der Waals surface area contributed by atoms with E-state index >= 15 is 4.39 Å². The first kappa shape index (κ1) is 30.2. The van der Waals surface area contributed by atoms with Gasteiger partial charge in [-0.05, 0) is 62.3 Å². The number of fused-ring (bicyclic) bond motifs is 1. The number of anilines is 1. The molecule has 0 spiro atoms. The van der Waals surface area contributed by atoms with Crippen LogP contribution in [0.4, 0.5) is 10.1 Å². The van der Waals surface area contributed by atoms with Crippen LogP contribution in [0.25, 0.3) is 10.9 Å². The molecule has 2 aliphatic carbocycles. The predicted molar refractivity (Wildman–Crippen MR) is 169 cm³/mol. The second-order valence-corrected chi connectivity index (χ2v) is 13.2. The maximum atomic E-state index is 16.4. The molecule has 3 aliphatic rings. The van der Waals surface area contributed by atoms with E-state index in [1.807, 2.05) is 4.90 Å². The third-order valence-electron chi connectivity index (χ3n) is 8.96. The third-order valence-corrected chi connectivity index (χ3v) is 9.83. The lowest BCUT2D eigenvalue weighted by Gasteiger charge is -2.35. The summed E-state index contributed by atoms with van der Waals surface area (Å²) in [6.45, 7) is 1.05. The summed E-state index contributed by atoms with van der Waals surface area (Å²) in [5.41, 5.74) is 0.372. The van der Waals surface area contributed by atoms with Gasteiger partial charge < -0.3 is 20.1 Å². The number of carbonyl (C=O) groups excluding carboxylic acids is 2. The fraction of sp³-hybridized carbons (Fsp3) is 0.469. The molecule has 1 aliphatic heterocycles. The van der Waals surface area contributed by atoms with Crippen LogP contribution in [0.2, 0.25) is 15.1 Å². The molecule has 3 aromatic rings. The van der Waals surface area contributed by atoms with Crippen molar-refractivity contribution in [1.82, 2.24) is 15.2 Å². The second-order valence-electron chi connectivity index (χ2n) is 12.0. The lowest BCUT2D eigenvalue weighted by molar-refractivity contribution is -0.126. The van der Waals surface area contributed by atoms with Crippen molar-refractivity contribution in [2.75, 3.05) is 18.0 Å². The van der Waals surface area contributed by atoms with Crippen LogP contribution in [0.5, 0.6) is 0 Å². The summed E-state index contributed by atoms with van der Waals surface area (Å²) in [5, 5.41) is 7.03. The first-order valence-electron chi connectivity index (χ1n) is 15.1. The van der Waals surface area contributed by atoms with Gasteiger partial charge in [0.05, 0.1) is 21.6 Å². The number of amides is 2. The van der Waals surface area contributed by atoms with Crippen molar-refractivity contribution >= 4 is 63.2 Å². The van der Waals surface area contributed by atoms with Crippen LogP contribution in [-0.2, 0) is 11.3 Å². The molecule has 6 rings (SSSR count). The topological polar surface area (TPSA) is 83.4 Å². The van der Waals surface area contributed by atoms with Crippen LogP contribution >= 0.6 is 34.8 Å². The number of hydrogen-bond acceptors (Lipinski definition) is 4. The van der Waals surface area contributed by atoms with Crippen LogP contribution in [0, 0.1) is 11.7 Å². The molecule has 43 heavy (non-hydrogen) atoms. The second kappa shape index (κ2) is 12.7. The van der Waals surface area contributed by atoms with Gasteiger partial charge in [0, 0.05) is 53.9 Å². The highest BCUT2D eigenvalue weighted by Crippen LogP contribution is 2.41. The zero-order valence-corrected chi connectivity index (χ0v) is 26.0. The van der Waals surface area contributed by atoms with Crippen molar-refractivity contribution in [3.05, 3.63) is 72.7 Å². The average molecular weight is 648 g/mol. The third kappa shape index (κ3) is 6.38. The van der Waals surface area contributed by atoms with E-state index in [-0.39, 0.29) is 57.6 Å². The Morgan fingerprint density at radius 3 is 2.33 bits per heavy atom. The molecule has 2 amide bonds. The summed E-state index contributed by atoms with van der Waals surface area (Å²) >= 11 is 18.9. The zero-order valence-electron chi connectivity index (χ0n) is 23.7. The molecule has 0 bridgehead atoms. The summed E-state index contributed by atoms with van der Waals surface area (Å²) in [7, 11) is 0. The van der Waals surface area contributed by atoms with E-state index in [1.54, 1.807) is 22.8 Å². The number of carbonyl (C=O) groups is 2. The first-order chi connectivity index (χ1) is 20.7. The normalized spacial score (nSPS) is 18.2. The number of piperidine rings is 1. The number of rotatable bonds is 7. The number of halogens is 4. The van der Waals surface area contributed by atoms with Crippen LogP contribution in [0.3, 0.4) is 0 Å². The minimum Gasteiger partial charge on any atom is -0.368 e. The largest absolute Gasteiger partial charge is 0.368 e. The molecule has 1 aromatic heterocycles. The number of nitrogens with one attached hydrogen (secondary N) is 2. The zero-order chi connectivity index (χ0) is 30.2. The van der Waals surface area contributed by atoms with Crippen molar-refractivity contribution in [2.24, 2.45) is 5.92 Å². The highest BCUT2D eigenvalue weighted by atomic mass is 35.5. The lowest BCUT2D eigenvalue weighted by Crippen LogP contribution is -2.44. The van der Waals surface area contributed by atoms with Gasteiger partial charge in [0.25, 0.3) is 5.91 Å². The molecule has 0 unspecified atom stereocenters. The number of hydrogen-bond donors (Lipinski definition) is 2. The molecular weight excluding hydrogens is 614 g/mol. The summed E-state index contributed by atoms with van der Waals surface area (Å²) in [6, 6.07) is 6.67. The summed E-state index contributed by atoms with van der Waals surface area (Å²) in [6.07, 6.45) is 9.89. The molecule has 228 valence electrons. The fourth-order valence-corrected chi connectivity index (χ4v) is 7.18. The first-order valence-corrected chi connectivity index (χ1v) is 16.2. The highest BCUT2D eigenvalue weighted by Gasteiger charge is 2.33. The molecular formula is C32H34Cl3FN4O3. The Bertz CT molecular complexity index is 1630. The van der Waals surface area contributed by atoms with Crippen molar-refractivity contribution < 1.29 is 14.0 Å². The van der Waals surface area contributed by atoms with Gasteiger partial charge in [-0.25, -0.2) is 4.39 Å². The predicted octanol–water partition coefficient (Wildman–Crippen LogP) is 7.03. The molecule has 2 saturated carbocycles. The Labute approximate surface area is 264 Å². The number of aromatic nitrogens is 1. The van der Waals surface area contributed by atoms with Gasteiger partial charge in [-0.15, -0.1) is 0 Å². The molecule has 0 atom stereocenters. The van der Waals surface area contributed by atoms with Crippen LogP contribution in [0.1, 0.15) is 79.8 Å². The van der Waals surface area contributed by atoms with Gasteiger partial charge >= 0.3 is 0 Å². The van der Waals surface area contributed by atoms with Gasteiger partial charge in [-0.3, -0.25) is 14.4 Å². The summed E-state index contributed by atoms with van der Waals surface area (Å²) in [4.78, 5) is 41.5. The Hall–Kier alpha value is -2.81. The van der Waals surface area contributed by atoms with E-state index < -0.39 is 17.2 Å². The maximum Gasteiger partial charge on any atom is 0.257 e. The molecule has 7 nitrogen and oxygen atoms in total. The Morgan fingerprint density at radius 2 is 1.65 bits per heavy atom. The SMILES string of the molecule is O=C(NCc1ccc(Cl)cc1Cl)c1cn(C2CC2)c2c(F)c(N3CCC(C(=O)NC4CCCCC4)CC3)c(Cl)cc2c1=O. The maximum absolute atomic E-state index is 16.4. The average Bonchev–Trinajstić information content (AvgIpc) is 3.84. The number of nitrogens with zero attached hydrogens (tertiary/aromatic N) is 2. The van der Waals surface area contributed by atoms with E-state index in [2.05, 4.69) is 10.6 Å². The van der Waals surface area contributed by atoms with E-state index in [9.17, 15) is 14.4 Å². The molecule has 2 heterocycles. The number of pyridine rings is 1. The Morgan fingerprint density at radius 1 is 0.930 bits per heavy atom. The van der Waals surface area contributed by atoms with Gasteiger partial charge in [-0.2, -0.15) is 0 Å². The van der Waals surface area contributed by atoms with Crippen molar-refractivity contribution in [1.29, 1.82) is 0 Å². The van der Waals surface area contributed by atoms with Gasteiger partial charge in [0.2, 0.25) is 11.3 Å². The van der Waals surface area contributed by atoms with E-state index in [0.29, 0.717) is 41.5 Å². The lowest BCUT2D eigenvalue weighted by atomic mass is 9.92. The standard InChI is InChI=1S/C32H34Cl3FN4O3/c33-20-7-6-19(25(34)14-20)16-37-32(43)24-17-40(22-8-9-22)28-23(30(24)41)15-26(35)29(27(28)36)39-12-10-18(11-13-39)31(42)38-21-4-2-1-3-5-21/h6-7,14-15,17-18,21-22H,1-5,8-13,16H2,(H,37,43)(H,38,42).